The summed E-state index contributed by atoms with van der Waals surface area (Å²) in [4.78, 5) is 0. The van der Waals surface area contributed by atoms with E-state index in [0.717, 1.165) is 10.7 Å². The van der Waals surface area contributed by atoms with Crippen molar-refractivity contribution in [2.75, 3.05) is 6.61 Å². The SMILES string of the molecule is CC(C)Sc1c(CCO)nnn1Cc1c2ccccc2cc2ccccc12. The van der Waals surface area contributed by atoms with Gasteiger partial charge in [-0.25, -0.2) is 4.68 Å². The van der Waals surface area contributed by atoms with Crippen molar-refractivity contribution >= 4 is 33.3 Å². The number of hydrogen-bond donors (Lipinski definition) is 1. The third-order valence-corrected chi connectivity index (χ3v) is 5.78. The monoisotopic (exact) mass is 377 g/mol. The van der Waals surface area contributed by atoms with Crippen LogP contribution in [0, 0.1) is 0 Å². The van der Waals surface area contributed by atoms with E-state index in [-0.39, 0.29) is 6.61 Å². The molecule has 0 fully saturated rings. The second kappa shape index (κ2) is 7.71. The van der Waals surface area contributed by atoms with Crippen molar-refractivity contribution in [3.8, 4) is 0 Å². The summed E-state index contributed by atoms with van der Waals surface area (Å²) >= 11 is 1.76. The molecule has 1 aromatic heterocycles. The number of benzene rings is 3. The summed E-state index contributed by atoms with van der Waals surface area (Å²) in [6.45, 7) is 5.08. The van der Waals surface area contributed by atoms with E-state index >= 15 is 0 Å². The lowest BCUT2D eigenvalue weighted by atomic mass is 9.97. The maximum atomic E-state index is 9.37. The zero-order valence-corrected chi connectivity index (χ0v) is 16.4. The average Bonchev–Trinajstić information content (AvgIpc) is 3.03. The largest absolute Gasteiger partial charge is 0.396 e. The summed E-state index contributed by atoms with van der Waals surface area (Å²) < 4.78 is 1.99. The predicted molar refractivity (Wildman–Crippen MR) is 112 cm³/mol. The van der Waals surface area contributed by atoms with Gasteiger partial charge in [-0.1, -0.05) is 67.6 Å². The van der Waals surface area contributed by atoms with Crippen LogP contribution in [0.1, 0.15) is 25.1 Å². The van der Waals surface area contributed by atoms with Crippen LogP contribution in [0.3, 0.4) is 0 Å². The van der Waals surface area contributed by atoms with Gasteiger partial charge < -0.3 is 5.11 Å². The molecular weight excluding hydrogens is 354 g/mol. The zero-order valence-electron chi connectivity index (χ0n) is 15.6. The Kier molecular flexibility index (Phi) is 5.14. The van der Waals surface area contributed by atoms with Crippen molar-refractivity contribution in [1.82, 2.24) is 15.0 Å². The van der Waals surface area contributed by atoms with Crippen LogP contribution in [0.15, 0.2) is 59.6 Å². The van der Waals surface area contributed by atoms with Gasteiger partial charge in [0, 0.05) is 18.3 Å². The molecule has 4 rings (SSSR count). The maximum Gasteiger partial charge on any atom is 0.118 e. The topological polar surface area (TPSA) is 50.9 Å². The van der Waals surface area contributed by atoms with E-state index < -0.39 is 0 Å². The Morgan fingerprint density at radius 3 is 2.22 bits per heavy atom. The van der Waals surface area contributed by atoms with Gasteiger partial charge in [-0.05, 0) is 33.2 Å². The number of aliphatic hydroxyl groups excluding tert-OH is 1. The van der Waals surface area contributed by atoms with Gasteiger partial charge >= 0.3 is 0 Å². The molecule has 5 heteroatoms. The number of aliphatic hydroxyl groups is 1. The van der Waals surface area contributed by atoms with Crippen molar-refractivity contribution in [2.24, 2.45) is 0 Å². The van der Waals surface area contributed by atoms with E-state index in [2.05, 4.69) is 78.8 Å². The second-order valence-electron chi connectivity index (χ2n) is 6.94. The van der Waals surface area contributed by atoms with Crippen molar-refractivity contribution in [2.45, 2.75) is 37.1 Å². The van der Waals surface area contributed by atoms with Crippen molar-refractivity contribution < 1.29 is 5.11 Å². The van der Waals surface area contributed by atoms with Gasteiger partial charge in [-0.2, -0.15) is 0 Å². The van der Waals surface area contributed by atoms with E-state index in [1.165, 1.54) is 27.1 Å². The maximum absolute atomic E-state index is 9.37. The van der Waals surface area contributed by atoms with Crippen LogP contribution in [0.25, 0.3) is 21.5 Å². The highest BCUT2D eigenvalue weighted by molar-refractivity contribution is 7.99. The van der Waals surface area contributed by atoms with Gasteiger partial charge in [0.05, 0.1) is 12.2 Å². The standard InChI is InChI=1S/C22H23N3OS/c1-15(2)27-22-21(11-12-26)23-24-25(22)14-20-18-9-5-3-7-16(18)13-17-8-4-6-10-19(17)20/h3-10,13,15,26H,11-12,14H2,1-2H3. The predicted octanol–water partition coefficient (Wildman–Crippen LogP) is 4.67. The Hall–Kier alpha value is -2.37. The molecule has 4 aromatic rings. The molecule has 1 N–H and O–H groups in total. The van der Waals surface area contributed by atoms with Gasteiger partial charge in [0.2, 0.25) is 0 Å². The summed E-state index contributed by atoms with van der Waals surface area (Å²) in [6, 6.07) is 19.3. The van der Waals surface area contributed by atoms with Crippen LogP contribution >= 0.6 is 11.8 Å². The first-order valence-electron chi connectivity index (χ1n) is 9.26. The van der Waals surface area contributed by atoms with E-state index in [1.54, 1.807) is 11.8 Å². The van der Waals surface area contributed by atoms with Crippen LogP contribution in [0.5, 0.6) is 0 Å². The second-order valence-corrected chi connectivity index (χ2v) is 8.50. The minimum Gasteiger partial charge on any atom is -0.396 e. The Morgan fingerprint density at radius 1 is 1.00 bits per heavy atom. The molecule has 27 heavy (non-hydrogen) atoms. The first kappa shape index (κ1) is 18.0. The smallest absolute Gasteiger partial charge is 0.118 e. The van der Waals surface area contributed by atoms with Crippen molar-refractivity contribution in [3.05, 3.63) is 65.9 Å². The molecule has 0 aliphatic carbocycles. The molecule has 0 unspecified atom stereocenters. The molecule has 0 bridgehead atoms. The van der Waals surface area contributed by atoms with Crippen molar-refractivity contribution in [3.63, 3.8) is 0 Å². The summed E-state index contributed by atoms with van der Waals surface area (Å²) in [5, 5.41) is 24.6. The first-order valence-corrected chi connectivity index (χ1v) is 10.1. The van der Waals surface area contributed by atoms with Crippen LogP contribution in [0.4, 0.5) is 0 Å². The molecule has 0 spiro atoms. The molecule has 0 aliphatic rings. The minimum atomic E-state index is 0.0849. The first-order chi connectivity index (χ1) is 13.2. The van der Waals surface area contributed by atoms with E-state index in [0.29, 0.717) is 18.2 Å². The van der Waals surface area contributed by atoms with Gasteiger partial charge in [-0.15, -0.1) is 16.9 Å². The van der Waals surface area contributed by atoms with Gasteiger partial charge in [0.1, 0.15) is 5.03 Å². The lowest BCUT2D eigenvalue weighted by Crippen LogP contribution is -2.07. The number of nitrogens with zero attached hydrogens (tertiary/aromatic N) is 3. The number of fused-ring (bicyclic) bond motifs is 2. The quantitative estimate of drug-likeness (QED) is 0.392. The lowest BCUT2D eigenvalue weighted by Gasteiger charge is -2.14. The highest BCUT2D eigenvalue weighted by Crippen LogP contribution is 2.31. The van der Waals surface area contributed by atoms with E-state index in [4.69, 9.17) is 0 Å². The summed E-state index contributed by atoms with van der Waals surface area (Å²) in [5.41, 5.74) is 2.13. The molecule has 3 aromatic carbocycles. The fourth-order valence-corrected chi connectivity index (χ4v) is 4.44. The Balaban J connectivity index is 1.88. The zero-order chi connectivity index (χ0) is 18.8. The van der Waals surface area contributed by atoms with Gasteiger partial charge in [0.25, 0.3) is 0 Å². The minimum absolute atomic E-state index is 0.0849. The molecule has 4 nitrogen and oxygen atoms in total. The molecule has 138 valence electrons. The van der Waals surface area contributed by atoms with Crippen LogP contribution < -0.4 is 0 Å². The highest BCUT2D eigenvalue weighted by atomic mass is 32.2. The molecule has 0 atom stereocenters. The number of hydrogen-bond acceptors (Lipinski definition) is 4. The van der Waals surface area contributed by atoms with E-state index in [1.807, 2.05) is 4.68 Å². The third kappa shape index (κ3) is 3.57. The number of thioether (sulfide) groups is 1. The normalized spacial score (nSPS) is 11.7. The summed E-state index contributed by atoms with van der Waals surface area (Å²) in [5.74, 6) is 0. The number of aromatic nitrogens is 3. The molecule has 0 saturated carbocycles. The summed E-state index contributed by atoms with van der Waals surface area (Å²) in [6.07, 6.45) is 0.533. The molecular formula is C22H23N3OS. The van der Waals surface area contributed by atoms with Crippen molar-refractivity contribution in [1.29, 1.82) is 0 Å². The van der Waals surface area contributed by atoms with Gasteiger partial charge in [-0.3, -0.25) is 0 Å². The third-order valence-electron chi connectivity index (χ3n) is 4.64. The molecule has 0 aliphatic heterocycles. The Labute approximate surface area is 163 Å². The summed E-state index contributed by atoms with van der Waals surface area (Å²) in [7, 11) is 0. The fourth-order valence-electron chi connectivity index (χ4n) is 3.49. The average molecular weight is 378 g/mol. The van der Waals surface area contributed by atoms with Crippen LogP contribution in [-0.4, -0.2) is 32.0 Å². The molecule has 0 radical (unpaired) electrons. The van der Waals surface area contributed by atoms with Crippen LogP contribution in [0.2, 0.25) is 0 Å². The highest BCUT2D eigenvalue weighted by Gasteiger charge is 2.17. The van der Waals surface area contributed by atoms with Crippen LogP contribution in [-0.2, 0) is 13.0 Å². The molecule has 0 saturated heterocycles. The lowest BCUT2D eigenvalue weighted by molar-refractivity contribution is 0.297. The Bertz CT molecular complexity index is 1030. The van der Waals surface area contributed by atoms with E-state index in [9.17, 15) is 5.11 Å². The number of rotatable bonds is 6. The van der Waals surface area contributed by atoms with Gasteiger partial charge in [0.15, 0.2) is 0 Å². The molecule has 1 heterocycles. The Morgan fingerprint density at radius 2 is 1.63 bits per heavy atom. The fraction of sp³-hybridized carbons (Fsp3) is 0.273. The molecule has 0 amide bonds.